The molecule has 8 rings (SSSR count). The number of aliphatic carboxylic acids is 1. The number of hydrogen-bond donors (Lipinski definition) is 11. The fourth-order valence-corrected chi connectivity index (χ4v) is 9.59. The van der Waals surface area contributed by atoms with E-state index in [-0.39, 0.29) is 31.6 Å². The van der Waals surface area contributed by atoms with Gasteiger partial charge in [-0.2, -0.15) is 0 Å². The highest BCUT2D eigenvalue weighted by Gasteiger charge is 2.42. The van der Waals surface area contributed by atoms with Crippen LogP contribution >= 0.6 is 0 Å². The van der Waals surface area contributed by atoms with Crippen LogP contribution in [0.25, 0.3) is 21.8 Å². The van der Waals surface area contributed by atoms with Crippen LogP contribution in [0.1, 0.15) is 72.8 Å². The minimum atomic E-state index is -1.67. The molecule has 0 fully saturated rings. The summed E-state index contributed by atoms with van der Waals surface area (Å²) < 4.78 is 6.82. The molecule has 3 aliphatic heterocycles. The summed E-state index contributed by atoms with van der Waals surface area (Å²) >= 11 is 0. The first kappa shape index (κ1) is 50.6. The number of carbonyl (C=O) groups excluding carboxylic acids is 7. The maximum Gasteiger partial charge on any atom is 0.307 e. The zero-order valence-corrected chi connectivity index (χ0v) is 38.2. The van der Waals surface area contributed by atoms with Crippen molar-refractivity contribution in [3.63, 3.8) is 0 Å². The molecule has 0 saturated heterocycles. The van der Waals surface area contributed by atoms with E-state index < -0.39 is 140 Å². The van der Waals surface area contributed by atoms with Crippen molar-refractivity contribution in [3.8, 4) is 5.75 Å². The van der Waals surface area contributed by atoms with Crippen molar-refractivity contribution in [2.24, 2.45) is 35.0 Å². The van der Waals surface area contributed by atoms with E-state index in [4.69, 9.17) is 21.9 Å². The van der Waals surface area contributed by atoms with E-state index in [0.29, 0.717) is 50.5 Å². The number of Topliss-reactive ketones (excluding diaryl/α,β-unsaturated/α-hetero) is 3. The van der Waals surface area contributed by atoms with Crippen LogP contribution < -0.4 is 37.9 Å². The summed E-state index contributed by atoms with van der Waals surface area (Å²) in [5.41, 5.74) is 21.1. The number of carboxylic acids is 1. The molecule has 4 amide bonds. The van der Waals surface area contributed by atoms with E-state index in [0.717, 1.165) is 0 Å². The monoisotopic (exact) mass is 962 g/mol. The van der Waals surface area contributed by atoms with E-state index >= 15 is 0 Å². The molecule has 0 spiro atoms. The van der Waals surface area contributed by atoms with Crippen LogP contribution in [-0.2, 0) is 51.2 Å². The van der Waals surface area contributed by atoms with Gasteiger partial charge in [-0.3, -0.25) is 38.4 Å². The van der Waals surface area contributed by atoms with Gasteiger partial charge in [-0.25, -0.2) is 0 Å². The Morgan fingerprint density at radius 3 is 2.29 bits per heavy atom. The van der Waals surface area contributed by atoms with Gasteiger partial charge in [-0.05, 0) is 67.0 Å². The third-order valence-electron chi connectivity index (χ3n) is 13.4. The second kappa shape index (κ2) is 22.4. The van der Waals surface area contributed by atoms with Gasteiger partial charge in [0.1, 0.15) is 23.9 Å². The van der Waals surface area contributed by atoms with E-state index in [9.17, 15) is 53.7 Å². The SMILES string of the molecule is NCCC[C@H]1c2ccc3c(c[nH]c3c2)[C@H]2Oc3cccc4c(c[nH]c34)C[C@H](N)C(=O)N[C@@H](CC(N)=O)C(=O)C[C@@H]2C(=O)N[C@@H](CO)C(=O)C[C@@H]1C(=O)N[C@@H](CO)C(=O)C[C@@H](Cc1ccccc1)C(=O)O. The largest absolute Gasteiger partial charge is 0.483 e. The van der Waals surface area contributed by atoms with Crippen molar-refractivity contribution in [3.05, 3.63) is 101 Å². The number of aliphatic hydroxyl groups is 2. The van der Waals surface area contributed by atoms with Crippen molar-refractivity contribution in [1.29, 1.82) is 0 Å². The molecule has 20 heteroatoms. The Morgan fingerprint density at radius 2 is 1.59 bits per heavy atom. The molecule has 2 aromatic heterocycles. The molecule has 20 nitrogen and oxygen atoms in total. The maximum absolute atomic E-state index is 14.9. The number of carbonyl (C=O) groups is 8. The molecule has 3 aliphatic rings. The van der Waals surface area contributed by atoms with Crippen LogP contribution in [0.4, 0.5) is 0 Å². The van der Waals surface area contributed by atoms with Crippen LogP contribution in [0.5, 0.6) is 5.75 Å². The number of amides is 4. The number of aromatic nitrogens is 2. The predicted molar refractivity (Wildman–Crippen MR) is 254 cm³/mol. The van der Waals surface area contributed by atoms with Crippen molar-refractivity contribution >= 4 is 68.8 Å². The molecular weight excluding hydrogens is 905 g/mol. The first-order valence-electron chi connectivity index (χ1n) is 23.2. The number of nitrogens with two attached hydrogens (primary N) is 3. The Bertz CT molecular complexity index is 2770. The molecule has 70 heavy (non-hydrogen) atoms. The number of ketones is 3. The first-order valence-corrected chi connectivity index (χ1v) is 23.2. The van der Waals surface area contributed by atoms with Crippen LogP contribution in [0, 0.1) is 17.8 Å². The number of H-pyrrole nitrogens is 2. The Hall–Kier alpha value is -7.26. The molecule has 5 aromatic rings. The van der Waals surface area contributed by atoms with Crippen molar-refractivity contribution in [2.75, 3.05) is 19.8 Å². The number of ether oxygens (including phenoxy) is 1. The second-order valence-corrected chi connectivity index (χ2v) is 18.1. The fraction of sp³-hybridized carbons (Fsp3) is 0.400. The number of rotatable bonds is 15. The lowest BCUT2D eigenvalue weighted by molar-refractivity contribution is -0.144. The molecular formula is C50H58N8O12. The van der Waals surface area contributed by atoms with Gasteiger partial charge in [0.2, 0.25) is 23.6 Å². The average Bonchev–Trinajstić information content (AvgIpc) is 3.96. The van der Waals surface area contributed by atoms with E-state index in [2.05, 4.69) is 25.9 Å². The lowest BCUT2D eigenvalue weighted by Crippen LogP contribution is -2.52. The van der Waals surface area contributed by atoms with Crippen molar-refractivity contribution in [2.45, 2.75) is 87.6 Å². The number of nitrogens with one attached hydrogen (secondary N) is 5. The Labute approximate surface area is 401 Å². The fourth-order valence-electron chi connectivity index (χ4n) is 9.59. The highest BCUT2D eigenvalue weighted by molar-refractivity contribution is 6.00. The predicted octanol–water partition coefficient (Wildman–Crippen LogP) is 0.857. The minimum Gasteiger partial charge on any atom is -0.483 e. The molecule has 0 aliphatic carbocycles. The van der Waals surface area contributed by atoms with E-state index in [1.807, 2.05) is 0 Å². The number of hydrogen-bond acceptors (Lipinski definition) is 13. The summed E-state index contributed by atoms with van der Waals surface area (Å²) in [6.07, 6.45) is 0.145. The van der Waals surface area contributed by atoms with Gasteiger partial charge in [-0.15, -0.1) is 0 Å². The Balaban J connectivity index is 1.31. The number of carboxylic acid groups (broad SMARTS) is 1. The minimum absolute atomic E-state index is 0.00830. The van der Waals surface area contributed by atoms with Gasteiger partial charge in [0.15, 0.2) is 17.3 Å². The lowest BCUT2D eigenvalue weighted by atomic mass is 9.77. The zero-order valence-electron chi connectivity index (χ0n) is 38.2. The molecule has 8 bridgehead atoms. The van der Waals surface area contributed by atoms with Crippen LogP contribution in [0.2, 0.25) is 0 Å². The third-order valence-corrected chi connectivity index (χ3v) is 13.4. The molecule has 0 unspecified atom stereocenters. The van der Waals surface area contributed by atoms with Crippen LogP contribution in [-0.4, -0.2) is 116 Å². The van der Waals surface area contributed by atoms with E-state index in [1.165, 1.54) is 0 Å². The number of aliphatic hydroxyl groups excluding tert-OH is 2. The van der Waals surface area contributed by atoms with Gasteiger partial charge in [0.05, 0.1) is 55.0 Å². The smallest absolute Gasteiger partial charge is 0.307 e. The highest BCUT2D eigenvalue weighted by Crippen LogP contribution is 2.41. The van der Waals surface area contributed by atoms with Gasteiger partial charge < -0.3 is 63.2 Å². The molecule has 9 atom stereocenters. The van der Waals surface area contributed by atoms with E-state index in [1.54, 1.807) is 79.1 Å². The molecule has 370 valence electrons. The number of primary amides is 1. The summed E-state index contributed by atoms with van der Waals surface area (Å²) in [6.45, 7) is -1.65. The van der Waals surface area contributed by atoms with Crippen molar-refractivity contribution in [1.82, 2.24) is 25.9 Å². The van der Waals surface area contributed by atoms with Crippen LogP contribution in [0.3, 0.4) is 0 Å². The summed E-state index contributed by atoms with van der Waals surface area (Å²) in [7, 11) is 0. The highest BCUT2D eigenvalue weighted by atomic mass is 16.5. The summed E-state index contributed by atoms with van der Waals surface area (Å²) in [5.74, 6) is -11.6. The van der Waals surface area contributed by atoms with Gasteiger partial charge in [-0.1, -0.05) is 54.6 Å². The quantitative estimate of drug-likeness (QED) is 0.0694. The summed E-state index contributed by atoms with van der Waals surface area (Å²) in [6, 6.07) is 13.1. The molecule has 0 saturated carbocycles. The second-order valence-electron chi connectivity index (χ2n) is 18.1. The average molecular weight is 963 g/mol. The number of benzene rings is 3. The number of fused-ring (bicyclic) bond motifs is 7. The van der Waals surface area contributed by atoms with Gasteiger partial charge in [0.25, 0.3) is 0 Å². The molecule has 3 aromatic carbocycles. The van der Waals surface area contributed by atoms with Crippen molar-refractivity contribution < 1.29 is 58.4 Å². The molecule has 14 N–H and O–H groups in total. The Morgan fingerprint density at radius 1 is 0.843 bits per heavy atom. The topological polar surface area (TPSA) is 352 Å². The normalized spacial score (nSPS) is 23.1. The van der Waals surface area contributed by atoms with Gasteiger partial charge in [0, 0.05) is 53.5 Å². The molecule has 5 heterocycles. The standard InChI is InChI=1S/C50H58N8O12/c51-13-5-9-29-26-11-12-31-34(22-54-36(31)16-26)46-33(19-41(62)37(20-44(53)64)56-49(67)35(52)15-28-21-55-45-30(28)8-4-10-43(45)70-46)48(66)58-39(24-60)42(63)18-32(29)47(65)57-38(23-59)40(61)17-27(50(68)69)14-25-6-2-1-3-7-25/h1-4,6-8,10-12,16,21-22,27,29,32-33,35,37-39,46,54-55,59-60H,5,9,13-15,17-20,23-24,51-52H2,(H2,53,64)(H,56,67)(H,57,65)(H,58,66)(H,68,69)/t27-,29+,32+,33+,35+,37+,38+,39+,46+/m1/s1. The number of para-hydroxylation sites is 1. The Kier molecular flexibility index (Phi) is 16.2. The lowest BCUT2D eigenvalue weighted by Gasteiger charge is -2.32. The third kappa shape index (κ3) is 11.4. The zero-order chi connectivity index (χ0) is 50.2. The summed E-state index contributed by atoms with van der Waals surface area (Å²) in [4.78, 5) is 117. The maximum atomic E-state index is 14.9. The number of aromatic amines is 2. The van der Waals surface area contributed by atoms with Crippen LogP contribution in [0.15, 0.2) is 79.1 Å². The molecule has 0 radical (unpaired) electrons. The summed E-state index contributed by atoms with van der Waals surface area (Å²) in [5, 5.41) is 40.1. The van der Waals surface area contributed by atoms with Gasteiger partial charge >= 0.3 is 5.97 Å². The first-order chi connectivity index (χ1) is 33.6.